The maximum Gasteiger partial charge on any atom is 0.235 e. The van der Waals surface area contributed by atoms with Crippen LogP contribution in [0.15, 0.2) is 4.99 Å². The summed E-state index contributed by atoms with van der Waals surface area (Å²) < 4.78 is 0. The molecule has 0 aromatic rings. The lowest BCUT2D eigenvalue weighted by molar-refractivity contribution is 0.562. The van der Waals surface area contributed by atoms with Crippen LogP contribution in [0.5, 0.6) is 0 Å². The number of nitrogens with two attached hydrogens (primary N) is 2. The molecule has 1 fully saturated rings. The van der Waals surface area contributed by atoms with Crippen LogP contribution in [0.1, 0.15) is 0 Å². The highest BCUT2D eigenvalue weighted by atomic mass is 16.1. The Kier molecular flexibility index (Phi) is 1.13. The number of hydrogen-bond donors (Lipinski definition) is 2. The molecule has 1 rings (SSSR count). The summed E-state index contributed by atoms with van der Waals surface area (Å²) in [4.78, 5) is 12.9. The first-order chi connectivity index (χ1) is 3.77. The Morgan fingerprint density at radius 2 is 1.88 bits per heavy atom. The van der Waals surface area contributed by atoms with Gasteiger partial charge in [-0.2, -0.15) is 4.99 Å². The number of nitrogens with zero attached hydrogens (tertiary/aromatic N) is 1. The quantitative estimate of drug-likeness (QED) is 0.316. The molecule has 4 nitrogen and oxygen atoms in total. The van der Waals surface area contributed by atoms with Crippen molar-refractivity contribution < 1.29 is 4.79 Å². The van der Waals surface area contributed by atoms with Gasteiger partial charge in [0.2, 0.25) is 6.08 Å². The van der Waals surface area contributed by atoms with Crippen molar-refractivity contribution in [3.63, 3.8) is 0 Å². The maximum atomic E-state index is 9.54. The Hall–Kier alpha value is -0.700. The highest BCUT2D eigenvalue weighted by Gasteiger charge is 2.45. The number of isocyanates is 1. The summed E-state index contributed by atoms with van der Waals surface area (Å²) in [6.45, 7) is 0. The van der Waals surface area contributed by atoms with Crippen LogP contribution >= 0.6 is 0 Å². The molecule has 2 unspecified atom stereocenters. The molecular weight excluding hydrogens is 106 g/mol. The van der Waals surface area contributed by atoms with Crippen LogP contribution in [0.25, 0.3) is 0 Å². The Bertz CT molecular complexity index is 132. The molecular formula is C4H7N3O. The Labute approximate surface area is 46.6 Å². The first-order valence-corrected chi connectivity index (χ1v) is 2.35. The monoisotopic (exact) mass is 113 g/mol. The van der Waals surface area contributed by atoms with Crippen molar-refractivity contribution in [1.29, 1.82) is 0 Å². The summed E-state index contributed by atoms with van der Waals surface area (Å²) in [5.74, 6) is 0. The van der Waals surface area contributed by atoms with E-state index in [9.17, 15) is 4.79 Å². The van der Waals surface area contributed by atoms with Gasteiger partial charge in [-0.1, -0.05) is 0 Å². The minimum absolute atomic E-state index is 0.114. The lowest BCUT2D eigenvalue weighted by Gasteiger charge is -1.71. The molecule has 0 heterocycles. The zero-order valence-electron chi connectivity index (χ0n) is 4.24. The van der Waals surface area contributed by atoms with Gasteiger partial charge in [-0.3, -0.25) is 0 Å². The van der Waals surface area contributed by atoms with Crippen LogP contribution in [0, 0.1) is 0 Å². The van der Waals surface area contributed by atoms with Crippen molar-refractivity contribution in [2.24, 2.45) is 16.5 Å². The molecule has 0 radical (unpaired) electrons. The van der Waals surface area contributed by atoms with Crippen molar-refractivity contribution in [2.45, 2.75) is 18.1 Å². The van der Waals surface area contributed by atoms with Gasteiger partial charge in [0.1, 0.15) is 0 Å². The summed E-state index contributed by atoms with van der Waals surface area (Å²) >= 11 is 0. The number of hydrogen-bond acceptors (Lipinski definition) is 4. The number of aliphatic imine (C=N–C) groups is 1. The summed E-state index contributed by atoms with van der Waals surface area (Å²) in [7, 11) is 0. The lowest BCUT2D eigenvalue weighted by Crippen LogP contribution is -2.12. The van der Waals surface area contributed by atoms with Crippen molar-refractivity contribution in [1.82, 2.24) is 0 Å². The maximum absolute atomic E-state index is 9.54. The van der Waals surface area contributed by atoms with Crippen molar-refractivity contribution in [3.8, 4) is 0 Å². The summed E-state index contributed by atoms with van der Waals surface area (Å²) in [5, 5.41) is 0. The van der Waals surface area contributed by atoms with Crippen molar-refractivity contribution >= 4 is 6.08 Å². The van der Waals surface area contributed by atoms with Gasteiger partial charge in [-0.05, 0) is 0 Å². The third-order valence-corrected chi connectivity index (χ3v) is 1.29. The third-order valence-electron chi connectivity index (χ3n) is 1.29. The highest BCUT2D eigenvalue weighted by molar-refractivity contribution is 5.36. The summed E-state index contributed by atoms with van der Waals surface area (Å²) in [5.41, 5.74) is 10.6. The predicted molar refractivity (Wildman–Crippen MR) is 27.9 cm³/mol. The topological polar surface area (TPSA) is 81.5 Å². The van der Waals surface area contributed by atoms with Crippen LogP contribution in [0.3, 0.4) is 0 Å². The number of carbonyl (C=O) groups excluding carboxylic acids is 1. The van der Waals surface area contributed by atoms with Gasteiger partial charge in [-0.15, -0.1) is 0 Å². The fourth-order valence-corrected chi connectivity index (χ4v) is 0.575. The smallest absolute Gasteiger partial charge is 0.235 e. The van der Waals surface area contributed by atoms with Crippen LogP contribution in [-0.4, -0.2) is 24.2 Å². The fourth-order valence-electron chi connectivity index (χ4n) is 0.575. The molecule has 1 aliphatic rings. The van der Waals surface area contributed by atoms with Gasteiger partial charge < -0.3 is 11.5 Å². The largest absolute Gasteiger partial charge is 0.324 e. The van der Waals surface area contributed by atoms with Crippen molar-refractivity contribution in [3.05, 3.63) is 0 Å². The molecule has 0 aliphatic heterocycles. The van der Waals surface area contributed by atoms with Gasteiger partial charge in [0.15, 0.2) is 0 Å². The van der Waals surface area contributed by atoms with Crippen LogP contribution < -0.4 is 11.5 Å². The minimum Gasteiger partial charge on any atom is -0.324 e. The van der Waals surface area contributed by atoms with E-state index in [1.807, 2.05) is 0 Å². The lowest BCUT2D eigenvalue weighted by atomic mass is 10.7. The van der Waals surface area contributed by atoms with Gasteiger partial charge in [0, 0.05) is 12.1 Å². The standard InChI is InChI=1S/C4H7N3O/c5-2-3(6)4(2)7-1-8/h2-4H,5-6H2. The van der Waals surface area contributed by atoms with E-state index < -0.39 is 0 Å². The summed E-state index contributed by atoms with van der Waals surface area (Å²) in [6.07, 6.45) is 1.41. The molecule has 0 amide bonds. The van der Waals surface area contributed by atoms with Crippen molar-refractivity contribution in [2.75, 3.05) is 0 Å². The third kappa shape index (κ3) is 0.648. The zero-order chi connectivity index (χ0) is 6.15. The molecule has 4 heteroatoms. The van der Waals surface area contributed by atoms with E-state index in [1.54, 1.807) is 0 Å². The second kappa shape index (κ2) is 1.67. The summed E-state index contributed by atoms with van der Waals surface area (Å²) in [6, 6.07) is -0.389. The van der Waals surface area contributed by atoms with E-state index in [1.165, 1.54) is 6.08 Å². The molecule has 0 bridgehead atoms. The Morgan fingerprint density at radius 1 is 1.38 bits per heavy atom. The number of rotatable bonds is 1. The average molecular weight is 113 g/mol. The van der Waals surface area contributed by atoms with Crippen LogP contribution in [0.2, 0.25) is 0 Å². The fraction of sp³-hybridized carbons (Fsp3) is 0.750. The molecule has 1 aliphatic carbocycles. The highest BCUT2D eigenvalue weighted by Crippen LogP contribution is 2.20. The molecule has 0 saturated heterocycles. The molecule has 44 valence electrons. The molecule has 0 spiro atoms. The van der Waals surface area contributed by atoms with E-state index in [-0.39, 0.29) is 18.1 Å². The van der Waals surface area contributed by atoms with E-state index in [0.717, 1.165) is 0 Å². The first kappa shape index (κ1) is 5.44. The molecule has 4 N–H and O–H groups in total. The molecule has 8 heavy (non-hydrogen) atoms. The Morgan fingerprint density at radius 3 is 2.00 bits per heavy atom. The van der Waals surface area contributed by atoms with Crippen LogP contribution in [-0.2, 0) is 4.79 Å². The van der Waals surface area contributed by atoms with Gasteiger partial charge in [0.05, 0.1) is 6.04 Å². The molecule has 0 aromatic carbocycles. The second-order valence-corrected chi connectivity index (χ2v) is 1.87. The average Bonchev–Trinajstić information content (AvgIpc) is 2.25. The zero-order valence-corrected chi connectivity index (χ0v) is 4.24. The first-order valence-electron chi connectivity index (χ1n) is 2.35. The minimum atomic E-state index is -0.160. The molecule has 0 aromatic heterocycles. The molecule has 2 atom stereocenters. The normalized spacial score (nSPS) is 43.0. The van der Waals surface area contributed by atoms with Gasteiger partial charge in [-0.25, -0.2) is 4.79 Å². The molecule has 1 saturated carbocycles. The van der Waals surface area contributed by atoms with Gasteiger partial charge in [0.25, 0.3) is 0 Å². The van der Waals surface area contributed by atoms with E-state index in [0.29, 0.717) is 0 Å². The SMILES string of the molecule is NC1C(N)C1N=C=O. The van der Waals surface area contributed by atoms with Crippen LogP contribution in [0.4, 0.5) is 0 Å². The van der Waals surface area contributed by atoms with Gasteiger partial charge >= 0.3 is 0 Å². The van der Waals surface area contributed by atoms with E-state index >= 15 is 0 Å². The Balaban J connectivity index is 2.44. The second-order valence-electron chi connectivity index (χ2n) is 1.87. The van der Waals surface area contributed by atoms with E-state index in [2.05, 4.69) is 4.99 Å². The van der Waals surface area contributed by atoms with E-state index in [4.69, 9.17) is 11.5 Å². The predicted octanol–water partition coefficient (Wildman–Crippen LogP) is -1.64.